The summed E-state index contributed by atoms with van der Waals surface area (Å²) in [6.45, 7) is 4.98. The van der Waals surface area contributed by atoms with E-state index in [1.54, 1.807) is 12.1 Å². The van der Waals surface area contributed by atoms with Crippen LogP contribution in [0.15, 0.2) is 36.4 Å². The fourth-order valence-electron chi connectivity index (χ4n) is 2.80. The van der Waals surface area contributed by atoms with Crippen molar-refractivity contribution in [3.63, 3.8) is 0 Å². The number of carbonyl (C=O) groups excluding carboxylic acids is 1. The first kappa shape index (κ1) is 18.1. The number of hydrogen-bond donors (Lipinski definition) is 1. The summed E-state index contributed by atoms with van der Waals surface area (Å²) in [5, 5.41) is 3.17. The lowest BCUT2D eigenvalue weighted by atomic mass is 10.2. The van der Waals surface area contributed by atoms with Gasteiger partial charge in [0.05, 0.1) is 29.8 Å². The Morgan fingerprint density at radius 1 is 1.27 bits per heavy atom. The molecule has 0 radical (unpaired) electrons. The molecule has 0 saturated carbocycles. The summed E-state index contributed by atoms with van der Waals surface area (Å²) in [4.78, 5) is 17.2. The molecule has 1 amide bonds. The highest BCUT2D eigenvalue weighted by Gasteiger charge is 2.18. The Labute approximate surface area is 156 Å². The van der Waals surface area contributed by atoms with Gasteiger partial charge >= 0.3 is 0 Å². The maximum atomic E-state index is 12.7. The van der Waals surface area contributed by atoms with Gasteiger partial charge < -0.3 is 14.0 Å². The molecule has 0 spiro atoms. The van der Waals surface area contributed by atoms with Crippen molar-refractivity contribution in [3.8, 4) is 11.5 Å². The van der Waals surface area contributed by atoms with E-state index in [0.717, 1.165) is 11.0 Å². The molecule has 0 aliphatic heterocycles. The second-order valence-electron chi connectivity index (χ2n) is 5.54. The van der Waals surface area contributed by atoms with Crippen molar-refractivity contribution in [1.82, 2.24) is 9.55 Å². The van der Waals surface area contributed by atoms with Gasteiger partial charge in [0.2, 0.25) is 5.95 Å². The number of anilines is 1. The lowest BCUT2D eigenvalue weighted by Gasteiger charge is -2.13. The Morgan fingerprint density at radius 2 is 2.04 bits per heavy atom. The molecule has 7 heteroatoms. The standard InChI is InChI=1S/C19H20ClN3O3/c1-4-23-15-9-7-6-8-14(15)21-19(23)22-18(24)12-10-13(20)17(26-5-2)16(11-12)25-3/h6-11H,4-5H2,1-3H3,(H,21,22,24). The zero-order chi connectivity index (χ0) is 18.7. The number of halogens is 1. The first-order valence-electron chi connectivity index (χ1n) is 8.36. The van der Waals surface area contributed by atoms with Crippen molar-refractivity contribution in [2.24, 2.45) is 0 Å². The monoisotopic (exact) mass is 373 g/mol. The molecule has 1 N–H and O–H groups in total. The molecule has 6 nitrogen and oxygen atoms in total. The normalized spacial score (nSPS) is 10.8. The SMILES string of the molecule is CCOc1c(Cl)cc(C(=O)Nc2nc3ccccc3n2CC)cc1OC. The molecule has 1 heterocycles. The van der Waals surface area contributed by atoms with Crippen LogP contribution in [-0.2, 0) is 6.54 Å². The maximum absolute atomic E-state index is 12.7. The van der Waals surface area contributed by atoms with Gasteiger partial charge in [-0.25, -0.2) is 4.98 Å². The molecule has 2 aromatic carbocycles. The number of ether oxygens (including phenoxy) is 2. The number of methoxy groups -OCH3 is 1. The third kappa shape index (κ3) is 3.32. The van der Waals surface area contributed by atoms with Crippen LogP contribution in [0.4, 0.5) is 5.95 Å². The van der Waals surface area contributed by atoms with Gasteiger partial charge in [-0.3, -0.25) is 10.1 Å². The van der Waals surface area contributed by atoms with Crippen LogP contribution in [0.1, 0.15) is 24.2 Å². The Balaban J connectivity index is 1.95. The number of carbonyl (C=O) groups is 1. The van der Waals surface area contributed by atoms with Gasteiger partial charge in [0.15, 0.2) is 11.5 Å². The number of nitrogens with zero attached hydrogens (tertiary/aromatic N) is 2. The van der Waals surface area contributed by atoms with Crippen LogP contribution < -0.4 is 14.8 Å². The summed E-state index contributed by atoms with van der Waals surface area (Å²) >= 11 is 6.26. The van der Waals surface area contributed by atoms with Crippen LogP contribution in [0.5, 0.6) is 11.5 Å². The molecule has 0 unspecified atom stereocenters. The van der Waals surface area contributed by atoms with Gasteiger partial charge in [0.25, 0.3) is 5.91 Å². The molecule has 0 saturated heterocycles. The number of nitrogens with one attached hydrogen (secondary N) is 1. The zero-order valence-corrected chi connectivity index (χ0v) is 15.6. The number of aromatic nitrogens is 2. The highest BCUT2D eigenvalue weighted by Crippen LogP contribution is 2.36. The third-order valence-corrected chi connectivity index (χ3v) is 4.26. The number of para-hydroxylation sites is 2. The van der Waals surface area contributed by atoms with Gasteiger partial charge in [-0.15, -0.1) is 0 Å². The van der Waals surface area contributed by atoms with Crippen LogP contribution >= 0.6 is 11.6 Å². The van der Waals surface area contributed by atoms with Crippen LogP contribution in [0, 0.1) is 0 Å². The zero-order valence-electron chi connectivity index (χ0n) is 14.9. The number of amides is 1. The van der Waals surface area contributed by atoms with Crippen molar-refractivity contribution in [1.29, 1.82) is 0 Å². The van der Waals surface area contributed by atoms with E-state index in [1.165, 1.54) is 7.11 Å². The van der Waals surface area contributed by atoms with E-state index in [1.807, 2.05) is 42.7 Å². The smallest absolute Gasteiger partial charge is 0.258 e. The van der Waals surface area contributed by atoms with Crippen molar-refractivity contribution >= 4 is 34.5 Å². The van der Waals surface area contributed by atoms with Gasteiger partial charge in [0.1, 0.15) is 0 Å². The summed E-state index contributed by atoms with van der Waals surface area (Å²) in [6, 6.07) is 10.9. The Bertz CT molecular complexity index is 953. The van der Waals surface area contributed by atoms with E-state index in [-0.39, 0.29) is 5.91 Å². The molecule has 0 fully saturated rings. The topological polar surface area (TPSA) is 65.4 Å². The molecule has 1 aromatic heterocycles. The summed E-state index contributed by atoms with van der Waals surface area (Å²) in [5.74, 6) is 1.00. The molecular weight excluding hydrogens is 354 g/mol. The predicted molar refractivity (Wildman–Crippen MR) is 103 cm³/mol. The lowest BCUT2D eigenvalue weighted by molar-refractivity contribution is 0.102. The fraction of sp³-hybridized carbons (Fsp3) is 0.263. The van der Waals surface area contributed by atoms with E-state index in [4.69, 9.17) is 21.1 Å². The van der Waals surface area contributed by atoms with E-state index >= 15 is 0 Å². The predicted octanol–water partition coefficient (Wildman–Crippen LogP) is 4.37. The number of imidazole rings is 1. The van der Waals surface area contributed by atoms with Crippen LogP contribution in [0.25, 0.3) is 11.0 Å². The molecule has 0 aliphatic carbocycles. The van der Waals surface area contributed by atoms with E-state index in [0.29, 0.717) is 41.2 Å². The first-order chi connectivity index (χ1) is 12.6. The van der Waals surface area contributed by atoms with E-state index in [9.17, 15) is 4.79 Å². The van der Waals surface area contributed by atoms with E-state index < -0.39 is 0 Å². The minimum Gasteiger partial charge on any atom is -0.493 e. The summed E-state index contributed by atoms with van der Waals surface area (Å²) in [6.07, 6.45) is 0. The molecule has 0 aliphatic rings. The Hall–Kier alpha value is -2.73. The number of fused-ring (bicyclic) bond motifs is 1. The highest BCUT2D eigenvalue weighted by atomic mass is 35.5. The molecular formula is C19H20ClN3O3. The second kappa shape index (κ2) is 7.66. The largest absolute Gasteiger partial charge is 0.493 e. The third-order valence-electron chi connectivity index (χ3n) is 3.98. The molecule has 136 valence electrons. The summed E-state index contributed by atoms with van der Waals surface area (Å²) in [7, 11) is 1.51. The van der Waals surface area contributed by atoms with Crippen LogP contribution in [0.2, 0.25) is 5.02 Å². The average molecular weight is 374 g/mol. The number of hydrogen-bond acceptors (Lipinski definition) is 4. The van der Waals surface area contributed by atoms with Gasteiger partial charge in [-0.05, 0) is 38.1 Å². The number of rotatable bonds is 6. The Morgan fingerprint density at radius 3 is 2.73 bits per heavy atom. The summed E-state index contributed by atoms with van der Waals surface area (Å²) < 4.78 is 12.7. The molecule has 0 atom stereocenters. The second-order valence-corrected chi connectivity index (χ2v) is 5.95. The maximum Gasteiger partial charge on any atom is 0.258 e. The number of benzene rings is 2. The minimum atomic E-state index is -0.321. The van der Waals surface area contributed by atoms with Gasteiger partial charge in [-0.2, -0.15) is 0 Å². The quantitative estimate of drug-likeness (QED) is 0.696. The number of aryl methyl sites for hydroxylation is 1. The minimum absolute atomic E-state index is 0.320. The van der Waals surface area contributed by atoms with Crippen LogP contribution in [0.3, 0.4) is 0 Å². The average Bonchev–Trinajstić information content (AvgIpc) is 3.00. The first-order valence-corrected chi connectivity index (χ1v) is 8.73. The van der Waals surface area contributed by atoms with Crippen molar-refractivity contribution in [2.75, 3.05) is 19.0 Å². The molecule has 26 heavy (non-hydrogen) atoms. The molecule has 3 rings (SSSR count). The summed E-state index contributed by atoms with van der Waals surface area (Å²) in [5.41, 5.74) is 2.16. The molecule has 0 bridgehead atoms. The lowest BCUT2D eigenvalue weighted by Crippen LogP contribution is -2.16. The van der Waals surface area contributed by atoms with Crippen molar-refractivity contribution in [2.45, 2.75) is 20.4 Å². The van der Waals surface area contributed by atoms with Gasteiger partial charge in [-0.1, -0.05) is 23.7 Å². The van der Waals surface area contributed by atoms with E-state index in [2.05, 4.69) is 10.3 Å². The molecule has 3 aromatic rings. The van der Waals surface area contributed by atoms with Crippen molar-refractivity contribution in [3.05, 3.63) is 47.0 Å². The fourth-order valence-corrected chi connectivity index (χ4v) is 3.07. The highest BCUT2D eigenvalue weighted by molar-refractivity contribution is 6.32. The van der Waals surface area contributed by atoms with Crippen molar-refractivity contribution < 1.29 is 14.3 Å². The van der Waals surface area contributed by atoms with Crippen LogP contribution in [-0.4, -0.2) is 29.2 Å². The Kier molecular flexibility index (Phi) is 5.32. The van der Waals surface area contributed by atoms with Gasteiger partial charge in [0, 0.05) is 12.1 Å².